The molecule has 0 N–H and O–H groups in total. The standard InChI is InChI=1S/C29H38N2O2/c1-20-15-22(26(30-32)24(17-20)28(3)11-7-5-8-12-28)19-23-16-21(2)18-25(27(23)31-33)29(4)13-9-6-10-14-29/h15-18H,5-14,19H2,1-4H3. The summed E-state index contributed by atoms with van der Waals surface area (Å²) in [7, 11) is 0. The minimum absolute atomic E-state index is 0.0126. The summed E-state index contributed by atoms with van der Waals surface area (Å²) in [5.41, 5.74) is 7.42. The van der Waals surface area contributed by atoms with Crippen LogP contribution in [0.4, 0.5) is 11.4 Å². The molecule has 0 aromatic heterocycles. The Morgan fingerprint density at radius 2 is 1.00 bits per heavy atom. The first kappa shape index (κ1) is 23.8. The highest BCUT2D eigenvalue weighted by Crippen LogP contribution is 2.47. The molecule has 0 spiro atoms. The van der Waals surface area contributed by atoms with Gasteiger partial charge in [0.05, 0.1) is 0 Å². The van der Waals surface area contributed by atoms with Crippen LogP contribution < -0.4 is 0 Å². The second kappa shape index (κ2) is 9.48. The maximum atomic E-state index is 12.2. The largest absolute Gasteiger partial charge is 0.145 e. The number of nitroso groups, excluding NO2 is 2. The molecule has 0 unspecified atom stereocenters. The summed E-state index contributed by atoms with van der Waals surface area (Å²) in [6.45, 7) is 8.76. The highest BCUT2D eigenvalue weighted by molar-refractivity contribution is 5.63. The fourth-order valence-corrected chi connectivity index (χ4v) is 6.52. The van der Waals surface area contributed by atoms with E-state index in [2.05, 4.69) is 62.3 Å². The molecule has 0 aliphatic heterocycles. The average molecular weight is 447 g/mol. The summed E-state index contributed by atoms with van der Waals surface area (Å²) in [5, 5.41) is 7.15. The van der Waals surface area contributed by atoms with Crippen LogP contribution in [0.3, 0.4) is 0 Å². The quantitative estimate of drug-likeness (QED) is 0.415. The van der Waals surface area contributed by atoms with Crippen molar-refractivity contribution in [1.29, 1.82) is 0 Å². The smallest absolute Gasteiger partial charge is 0.115 e. The molecule has 0 saturated heterocycles. The molecule has 4 rings (SSSR count). The van der Waals surface area contributed by atoms with E-state index >= 15 is 0 Å². The predicted octanol–water partition coefficient (Wildman–Crippen LogP) is 9.13. The van der Waals surface area contributed by atoms with E-state index in [1.807, 2.05) is 0 Å². The molecule has 4 nitrogen and oxygen atoms in total. The lowest BCUT2D eigenvalue weighted by atomic mass is 9.69. The summed E-state index contributed by atoms with van der Waals surface area (Å²) in [5.74, 6) is 0. The molecular weight excluding hydrogens is 408 g/mol. The Balaban J connectivity index is 1.81. The van der Waals surface area contributed by atoms with Crippen molar-refractivity contribution in [2.75, 3.05) is 0 Å². The van der Waals surface area contributed by atoms with Gasteiger partial charge in [-0.05, 0) is 83.0 Å². The van der Waals surface area contributed by atoms with Crippen LogP contribution in [0.15, 0.2) is 34.6 Å². The molecule has 0 amide bonds. The van der Waals surface area contributed by atoms with Gasteiger partial charge in [0.1, 0.15) is 11.4 Å². The molecule has 0 atom stereocenters. The lowest BCUT2D eigenvalue weighted by Gasteiger charge is -2.36. The third kappa shape index (κ3) is 4.67. The van der Waals surface area contributed by atoms with Gasteiger partial charge in [-0.15, -0.1) is 9.81 Å². The van der Waals surface area contributed by atoms with Gasteiger partial charge in [-0.2, -0.15) is 0 Å². The van der Waals surface area contributed by atoms with Crippen LogP contribution in [0.1, 0.15) is 111 Å². The Morgan fingerprint density at radius 1 is 0.636 bits per heavy atom. The van der Waals surface area contributed by atoms with Crippen LogP contribution in [0.5, 0.6) is 0 Å². The van der Waals surface area contributed by atoms with Crippen LogP contribution in [0.2, 0.25) is 0 Å². The minimum Gasteiger partial charge on any atom is -0.145 e. The Labute approximate surface area is 198 Å². The topological polar surface area (TPSA) is 58.9 Å². The summed E-state index contributed by atoms with van der Waals surface area (Å²) in [4.78, 5) is 24.4. The summed E-state index contributed by atoms with van der Waals surface area (Å²) in [6.07, 6.45) is 12.2. The van der Waals surface area contributed by atoms with Gasteiger partial charge in [0.2, 0.25) is 0 Å². The van der Waals surface area contributed by atoms with Gasteiger partial charge in [0.15, 0.2) is 0 Å². The first-order valence-corrected chi connectivity index (χ1v) is 12.7. The Bertz CT molecular complexity index is 961. The first-order chi connectivity index (χ1) is 15.8. The van der Waals surface area contributed by atoms with Crippen molar-refractivity contribution >= 4 is 11.4 Å². The minimum atomic E-state index is -0.0126. The second-order valence-corrected chi connectivity index (χ2v) is 11.2. The lowest BCUT2D eigenvalue weighted by molar-refractivity contribution is 0.320. The van der Waals surface area contributed by atoms with Gasteiger partial charge < -0.3 is 0 Å². The molecule has 4 heteroatoms. The molecular formula is C29H38N2O2. The number of hydrogen-bond acceptors (Lipinski definition) is 4. The van der Waals surface area contributed by atoms with E-state index in [1.165, 1.54) is 38.5 Å². The molecule has 2 aromatic rings. The molecule has 0 radical (unpaired) electrons. The van der Waals surface area contributed by atoms with Gasteiger partial charge in [-0.25, -0.2) is 0 Å². The molecule has 0 bridgehead atoms. The van der Waals surface area contributed by atoms with Crippen molar-refractivity contribution in [1.82, 2.24) is 0 Å². The van der Waals surface area contributed by atoms with E-state index in [0.717, 1.165) is 59.1 Å². The van der Waals surface area contributed by atoms with Crippen LogP contribution in [0.25, 0.3) is 0 Å². The summed E-state index contributed by atoms with van der Waals surface area (Å²) >= 11 is 0. The van der Waals surface area contributed by atoms with Crippen LogP contribution >= 0.6 is 0 Å². The van der Waals surface area contributed by atoms with Crippen LogP contribution in [-0.4, -0.2) is 0 Å². The Kier molecular flexibility index (Phi) is 6.83. The number of hydrogen-bond donors (Lipinski definition) is 0. The highest BCUT2D eigenvalue weighted by atomic mass is 16.3. The fourth-order valence-electron chi connectivity index (χ4n) is 6.52. The Morgan fingerprint density at radius 3 is 1.33 bits per heavy atom. The van der Waals surface area contributed by atoms with E-state index in [4.69, 9.17) is 0 Å². The Hall–Kier alpha value is -2.36. The second-order valence-electron chi connectivity index (χ2n) is 11.2. The van der Waals surface area contributed by atoms with Gasteiger partial charge in [-0.1, -0.05) is 87.8 Å². The molecule has 176 valence electrons. The third-order valence-corrected chi connectivity index (χ3v) is 8.44. The maximum absolute atomic E-state index is 12.2. The zero-order chi connectivity index (χ0) is 23.6. The van der Waals surface area contributed by atoms with E-state index in [9.17, 15) is 9.81 Å². The van der Waals surface area contributed by atoms with E-state index in [-0.39, 0.29) is 10.8 Å². The van der Waals surface area contributed by atoms with Crippen molar-refractivity contribution in [2.45, 2.75) is 109 Å². The normalized spacial score (nSPS) is 19.8. The van der Waals surface area contributed by atoms with Gasteiger partial charge in [0.25, 0.3) is 0 Å². The van der Waals surface area contributed by atoms with Crippen LogP contribution in [-0.2, 0) is 17.3 Å². The third-order valence-electron chi connectivity index (χ3n) is 8.44. The number of benzene rings is 2. The first-order valence-electron chi connectivity index (χ1n) is 12.7. The van der Waals surface area contributed by atoms with E-state index in [1.54, 1.807) is 0 Å². The van der Waals surface area contributed by atoms with E-state index < -0.39 is 0 Å². The van der Waals surface area contributed by atoms with Gasteiger partial charge in [-0.3, -0.25) is 0 Å². The van der Waals surface area contributed by atoms with Gasteiger partial charge >= 0.3 is 0 Å². The molecule has 2 fully saturated rings. The van der Waals surface area contributed by atoms with Crippen molar-refractivity contribution in [3.63, 3.8) is 0 Å². The zero-order valence-corrected chi connectivity index (χ0v) is 20.8. The van der Waals surface area contributed by atoms with Gasteiger partial charge in [0, 0.05) is 6.42 Å². The average Bonchev–Trinajstić information content (AvgIpc) is 2.79. The lowest BCUT2D eigenvalue weighted by Crippen LogP contribution is -2.26. The molecule has 33 heavy (non-hydrogen) atoms. The van der Waals surface area contributed by atoms with Crippen molar-refractivity contribution in [3.8, 4) is 0 Å². The van der Waals surface area contributed by atoms with E-state index in [0.29, 0.717) is 17.8 Å². The molecule has 0 heterocycles. The zero-order valence-electron chi connectivity index (χ0n) is 20.8. The number of nitrogens with zero attached hydrogens (tertiary/aromatic N) is 2. The van der Waals surface area contributed by atoms with Crippen molar-refractivity contribution < 1.29 is 0 Å². The predicted molar refractivity (Wildman–Crippen MR) is 137 cm³/mol. The molecule has 2 saturated carbocycles. The fraction of sp³-hybridized carbons (Fsp3) is 0.586. The van der Waals surface area contributed by atoms with Crippen molar-refractivity contribution in [3.05, 3.63) is 67.5 Å². The number of rotatable bonds is 6. The molecule has 2 aliphatic carbocycles. The maximum Gasteiger partial charge on any atom is 0.115 e. The molecule has 2 aromatic carbocycles. The molecule has 2 aliphatic rings. The number of aryl methyl sites for hydroxylation is 2. The summed E-state index contributed by atoms with van der Waals surface area (Å²) in [6, 6.07) is 8.47. The van der Waals surface area contributed by atoms with Crippen molar-refractivity contribution in [2.24, 2.45) is 10.4 Å². The summed E-state index contributed by atoms with van der Waals surface area (Å²) < 4.78 is 0. The SMILES string of the molecule is Cc1cc(Cc2cc(C)cc(C3(C)CCCCC3)c2N=O)c(N=O)c(C2(C)CCCCC2)c1. The highest BCUT2D eigenvalue weighted by Gasteiger charge is 2.34. The monoisotopic (exact) mass is 446 g/mol. The van der Waals surface area contributed by atoms with Crippen LogP contribution in [0, 0.1) is 23.7 Å².